The van der Waals surface area contributed by atoms with Crippen LogP contribution in [0.1, 0.15) is 11.1 Å². The number of nitrogens with zero attached hydrogens (tertiary/aromatic N) is 2. The monoisotopic (exact) mass is 321 g/mol. The number of anilines is 1. The van der Waals surface area contributed by atoms with E-state index in [1.807, 2.05) is 6.07 Å². The quantitative estimate of drug-likeness (QED) is 0.727. The molecule has 3 nitrogen and oxygen atoms in total. The molecule has 7 heteroatoms. The SMILES string of the molecule is Fc1ccc(CNc2cnc3ccccc3n2)c(C(F)(F)F)c1. The van der Waals surface area contributed by atoms with E-state index < -0.39 is 17.6 Å². The van der Waals surface area contributed by atoms with Crippen molar-refractivity contribution >= 4 is 16.9 Å². The molecule has 1 N–H and O–H groups in total. The lowest BCUT2D eigenvalue weighted by Gasteiger charge is -2.14. The first-order valence-electron chi connectivity index (χ1n) is 6.75. The molecule has 0 atom stereocenters. The summed E-state index contributed by atoms with van der Waals surface area (Å²) in [7, 11) is 0. The van der Waals surface area contributed by atoms with Crippen molar-refractivity contribution in [1.82, 2.24) is 9.97 Å². The second-order valence-electron chi connectivity index (χ2n) is 4.90. The Morgan fingerprint density at radius 3 is 2.48 bits per heavy atom. The number of rotatable bonds is 3. The Hall–Kier alpha value is -2.70. The molecule has 0 unspecified atom stereocenters. The number of alkyl halides is 3. The van der Waals surface area contributed by atoms with Gasteiger partial charge < -0.3 is 5.32 Å². The second-order valence-corrected chi connectivity index (χ2v) is 4.90. The van der Waals surface area contributed by atoms with Crippen LogP contribution in [0.5, 0.6) is 0 Å². The molecule has 0 aliphatic heterocycles. The van der Waals surface area contributed by atoms with Crippen molar-refractivity contribution in [2.75, 3.05) is 5.32 Å². The minimum Gasteiger partial charge on any atom is -0.365 e. The Bertz CT molecular complexity index is 846. The van der Waals surface area contributed by atoms with Crippen LogP contribution in [0.25, 0.3) is 11.0 Å². The average Bonchev–Trinajstić information content (AvgIpc) is 2.52. The molecule has 1 heterocycles. The van der Waals surface area contributed by atoms with Gasteiger partial charge in [0.15, 0.2) is 0 Å². The molecule has 2 aromatic carbocycles. The molecule has 0 aliphatic rings. The lowest BCUT2D eigenvalue weighted by atomic mass is 10.1. The van der Waals surface area contributed by atoms with Crippen LogP contribution in [0.3, 0.4) is 0 Å². The van der Waals surface area contributed by atoms with Crippen molar-refractivity contribution in [3.8, 4) is 0 Å². The molecule has 0 saturated heterocycles. The number of benzene rings is 2. The standard InChI is InChI=1S/C16H11F4N3/c17-11-6-5-10(12(7-11)16(18,19)20)8-22-15-9-21-13-3-1-2-4-14(13)23-15/h1-7,9H,8H2,(H,22,23). The molecule has 0 fully saturated rings. The van der Waals surface area contributed by atoms with Crippen molar-refractivity contribution in [2.24, 2.45) is 0 Å². The Morgan fingerprint density at radius 2 is 1.74 bits per heavy atom. The molecular formula is C16H11F4N3. The van der Waals surface area contributed by atoms with E-state index in [-0.39, 0.29) is 12.1 Å². The zero-order valence-electron chi connectivity index (χ0n) is 11.7. The fourth-order valence-corrected chi connectivity index (χ4v) is 2.19. The van der Waals surface area contributed by atoms with Gasteiger partial charge in [-0.15, -0.1) is 0 Å². The zero-order chi connectivity index (χ0) is 16.4. The number of halogens is 4. The van der Waals surface area contributed by atoms with Gasteiger partial charge in [-0.25, -0.2) is 9.37 Å². The molecule has 3 rings (SSSR count). The van der Waals surface area contributed by atoms with Crippen molar-refractivity contribution in [1.29, 1.82) is 0 Å². The lowest BCUT2D eigenvalue weighted by Crippen LogP contribution is -2.13. The third-order valence-corrected chi connectivity index (χ3v) is 3.29. The number of nitrogens with one attached hydrogen (secondary N) is 1. The molecular weight excluding hydrogens is 310 g/mol. The molecule has 0 spiro atoms. The zero-order valence-corrected chi connectivity index (χ0v) is 11.7. The van der Waals surface area contributed by atoms with Crippen LogP contribution in [0.2, 0.25) is 0 Å². The van der Waals surface area contributed by atoms with Crippen LogP contribution in [0.4, 0.5) is 23.4 Å². The van der Waals surface area contributed by atoms with Crippen molar-refractivity contribution < 1.29 is 17.6 Å². The van der Waals surface area contributed by atoms with Crippen molar-refractivity contribution in [3.05, 3.63) is 65.6 Å². The van der Waals surface area contributed by atoms with Crippen LogP contribution >= 0.6 is 0 Å². The van der Waals surface area contributed by atoms with Gasteiger partial charge in [0.1, 0.15) is 11.6 Å². The van der Waals surface area contributed by atoms with E-state index in [4.69, 9.17) is 0 Å². The Balaban J connectivity index is 1.85. The fraction of sp³-hybridized carbons (Fsp3) is 0.125. The summed E-state index contributed by atoms with van der Waals surface area (Å²) < 4.78 is 51.9. The highest BCUT2D eigenvalue weighted by molar-refractivity contribution is 5.75. The summed E-state index contributed by atoms with van der Waals surface area (Å²) in [4.78, 5) is 8.44. The van der Waals surface area contributed by atoms with Gasteiger partial charge >= 0.3 is 6.18 Å². The van der Waals surface area contributed by atoms with E-state index >= 15 is 0 Å². The second kappa shape index (κ2) is 5.83. The van der Waals surface area contributed by atoms with E-state index in [0.29, 0.717) is 22.9 Å². The van der Waals surface area contributed by atoms with Crippen LogP contribution < -0.4 is 5.32 Å². The summed E-state index contributed by atoms with van der Waals surface area (Å²) in [6.07, 6.45) is -3.17. The predicted octanol–water partition coefficient (Wildman–Crippen LogP) is 4.40. The highest BCUT2D eigenvalue weighted by Gasteiger charge is 2.33. The number of aromatic nitrogens is 2. The molecule has 0 saturated carbocycles. The number of hydrogen-bond acceptors (Lipinski definition) is 3. The van der Waals surface area contributed by atoms with Gasteiger partial charge in [0.2, 0.25) is 0 Å². The first kappa shape index (κ1) is 15.2. The van der Waals surface area contributed by atoms with Gasteiger partial charge in [-0.1, -0.05) is 18.2 Å². The summed E-state index contributed by atoms with van der Waals surface area (Å²) in [6, 6.07) is 9.75. The van der Waals surface area contributed by atoms with Crippen molar-refractivity contribution in [2.45, 2.75) is 12.7 Å². The molecule has 3 aromatic rings. The maximum atomic E-state index is 13.1. The van der Waals surface area contributed by atoms with Crippen LogP contribution in [0, 0.1) is 5.82 Å². The third-order valence-electron chi connectivity index (χ3n) is 3.29. The van der Waals surface area contributed by atoms with Gasteiger partial charge in [-0.3, -0.25) is 4.98 Å². The van der Waals surface area contributed by atoms with E-state index in [1.165, 1.54) is 6.20 Å². The van der Waals surface area contributed by atoms with E-state index in [2.05, 4.69) is 15.3 Å². The summed E-state index contributed by atoms with van der Waals surface area (Å²) >= 11 is 0. The molecule has 0 radical (unpaired) electrons. The number of fused-ring (bicyclic) bond motifs is 1. The van der Waals surface area contributed by atoms with E-state index in [1.54, 1.807) is 18.2 Å². The summed E-state index contributed by atoms with van der Waals surface area (Å²) in [5.41, 5.74) is 0.260. The Morgan fingerprint density at radius 1 is 1.00 bits per heavy atom. The average molecular weight is 321 g/mol. The lowest BCUT2D eigenvalue weighted by molar-refractivity contribution is -0.138. The summed E-state index contributed by atoms with van der Waals surface area (Å²) in [5, 5.41) is 2.79. The number of hydrogen-bond donors (Lipinski definition) is 1. The van der Waals surface area contributed by atoms with Gasteiger partial charge in [-0.05, 0) is 29.8 Å². The van der Waals surface area contributed by atoms with E-state index in [9.17, 15) is 17.6 Å². The minimum atomic E-state index is -4.62. The molecule has 0 aliphatic carbocycles. The predicted molar refractivity (Wildman–Crippen MR) is 78.3 cm³/mol. The first-order valence-corrected chi connectivity index (χ1v) is 6.75. The molecule has 0 bridgehead atoms. The first-order chi connectivity index (χ1) is 10.9. The summed E-state index contributed by atoms with van der Waals surface area (Å²) in [5.74, 6) is -0.576. The number of para-hydroxylation sites is 2. The van der Waals surface area contributed by atoms with Crippen molar-refractivity contribution in [3.63, 3.8) is 0 Å². The highest BCUT2D eigenvalue weighted by Crippen LogP contribution is 2.32. The third kappa shape index (κ3) is 3.39. The Labute approximate surface area is 129 Å². The van der Waals surface area contributed by atoms with Crippen LogP contribution in [-0.4, -0.2) is 9.97 Å². The molecule has 118 valence electrons. The van der Waals surface area contributed by atoms with E-state index in [0.717, 1.165) is 12.1 Å². The summed E-state index contributed by atoms with van der Waals surface area (Å²) in [6.45, 7) is -0.137. The molecule has 1 aromatic heterocycles. The van der Waals surface area contributed by atoms with Crippen LogP contribution in [0.15, 0.2) is 48.7 Å². The smallest absolute Gasteiger partial charge is 0.365 e. The van der Waals surface area contributed by atoms with Gasteiger partial charge in [0.05, 0.1) is 22.8 Å². The molecule has 23 heavy (non-hydrogen) atoms. The van der Waals surface area contributed by atoms with Gasteiger partial charge in [0.25, 0.3) is 0 Å². The topological polar surface area (TPSA) is 37.8 Å². The van der Waals surface area contributed by atoms with Gasteiger partial charge in [0, 0.05) is 6.54 Å². The fourth-order valence-electron chi connectivity index (χ4n) is 2.19. The maximum Gasteiger partial charge on any atom is 0.416 e. The van der Waals surface area contributed by atoms with Gasteiger partial charge in [-0.2, -0.15) is 13.2 Å². The largest absolute Gasteiger partial charge is 0.416 e. The minimum absolute atomic E-state index is 0.0612. The Kier molecular flexibility index (Phi) is 3.85. The highest BCUT2D eigenvalue weighted by atomic mass is 19.4. The maximum absolute atomic E-state index is 13.1. The normalized spacial score (nSPS) is 11.7. The molecule has 0 amide bonds. The van der Waals surface area contributed by atoms with Crippen LogP contribution in [-0.2, 0) is 12.7 Å².